The number of benzene rings is 1. The number of anilines is 1. The molecule has 3 N–H and O–H groups in total. The fraction of sp³-hybridized carbons (Fsp3) is 0.308. The molecular formula is C13H14FN3O4. The number of nitrogens with one attached hydrogen (secondary N) is 2. The molecule has 0 saturated carbocycles. The van der Waals surface area contributed by atoms with Crippen molar-refractivity contribution in [3.8, 4) is 0 Å². The third-order valence-electron chi connectivity index (χ3n) is 3.01. The number of carbonyl (C=O) groups is 3. The second-order valence-electron chi connectivity index (χ2n) is 4.55. The number of hydrogen-bond donors (Lipinski definition) is 3. The summed E-state index contributed by atoms with van der Waals surface area (Å²) in [6, 6.07) is 2.59. The first-order valence-corrected chi connectivity index (χ1v) is 6.33. The monoisotopic (exact) mass is 295 g/mol. The molecule has 1 saturated heterocycles. The lowest BCUT2D eigenvalue weighted by Crippen LogP contribution is -2.40. The summed E-state index contributed by atoms with van der Waals surface area (Å²) in [7, 11) is 0. The summed E-state index contributed by atoms with van der Waals surface area (Å²) < 4.78 is 13.7. The summed E-state index contributed by atoms with van der Waals surface area (Å²) in [4.78, 5) is 35.3. The van der Waals surface area contributed by atoms with Crippen LogP contribution in [0.15, 0.2) is 18.2 Å². The number of amides is 3. The highest BCUT2D eigenvalue weighted by Gasteiger charge is 2.20. The highest BCUT2D eigenvalue weighted by molar-refractivity contribution is 5.93. The SMILES string of the molecule is O=C1CN(C(=O)Nc2ccc(C(=O)O)cc2F)CCCN1. The van der Waals surface area contributed by atoms with Crippen molar-refractivity contribution in [2.75, 3.05) is 25.0 Å². The maximum Gasteiger partial charge on any atom is 0.335 e. The molecule has 112 valence electrons. The predicted molar refractivity (Wildman–Crippen MR) is 71.6 cm³/mol. The van der Waals surface area contributed by atoms with E-state index in [0.29, 0.717) is 19.5 Å². The first-order valence-electron chi connectivity index (χ1n) is 6.33. The average molecular weight is 295 g/mol. The fourth-order valence-corrected chi connectivity index (χ4v) is 1.92. The van der Waals surface area contributed by atoms with E-state index >= 15 is 0 Å². The molecule has 0 aliphatic carbocycles. The summed E-state index contributed by atoms with van der Waals surface area (Å²) in [5, 5.41) is 13.7. The molecule has 7 nitrogen and oxygen atoms in total. The minimum absolute atomic E-state index is 0.0966. The van der Waals surface area contributed by atoms with E-state index in [9.17, 15) is 18.8 Å². The third-order valence-corrected chi connectivity index (χ3v) is 3.01. The molecular weight excluding hydrogens is 281 g/mol. The molecule has 8 heteroatoms. The van der Waals surface area contributed by atoms with Gasteiger partial charge in [-0.15, -0.1) is 0 Å². The quantitative estimate of drug-likeness (QED) is 0.754. The van der Waals surface area contributed by atoms with Crippen molar-refractivity contribution >= 4 is 23.6 Å². The highest BCUT2D eigenvalue weighted by atomic mass is 19.1. The maximum atomic E-state index is 13.7. The van der Waals surface area contributed by atoms with Gasteiger partial charge < -0.3 is 20.6 Å². The van der Waals surface area contributed by atoms with Gasteiger partial charge in [-0.2, -0.15) is 0 Å². The van der Waals surface area contributed by atoms with E-state index in [4.69, 9.17) is 5.11 Å². The van der Waals surface area contributed by atoms with E-state index in [-0.39, 0.29) is 23.7 Å². The molecule has 3 amide bonds. The van der Waals surface area contributed by atoms with E-state index in [0.717, 1.165) is 6.07 Å². The van der Waals surface area contributed by atoms with E-state index in [1.807, 2.05) is 0 Å². The lowest BCUT2D eigenvalue weighted by molar-refractivity contribution is -0.120. The van der Waals surface area contributed by atoms with Crippen molar-refractivity contribution in [2.45, 2.75) is 6.42 Å². The molecule has 0 bridgehead atoms. The van der Waals surface area contributed by atoms with Crippen molar-refractivity contribution < 1.29 is 23.9 Å². The number of urea groups is 1. The lowest BCUT2D eigenvalue weighted by atomic mass is 10.2. The van der Waals surface area contributed by atoms with Gasteiger partial charge in [0.2, 0.25) is 5.91 Å². The van der Waals surface area contributed by atoms with Crippen molar-refractivity contribution in [1.82, 2.24) is 10.2 Å². The van der Waals surface area contributed by atoms with Crippen LogP contribution in [0.1, 0.15) is 16.8 Å². The summed E-state index contributed by atoms with van der Waals surface area (Å²) in [6.07, 6.45) is 0.611. The Morgan fingerprint density at radius 1 is 1.38 bits per heavy atom. The van der Waals surface area contributed by atoms with Gasteiger partial charge in [0.05, 0.1) is 11.3 Å². The molecule has 0 atom stereocenters. The van der Waals surface area contributed by atoms with Crippen LogP contribution < -0.4 is 10.6 Å². The number of halogens is 1. The summed E-state index contributed by atoms with van der Waals surface area (Å²) in [6.45, 7) is 0.768. The number of carboxylic acids is 1. The van der Waals surface area contributed by atoms with Crippen LogP contribution in [0.4, 0.5) is 14.9 Å². The van der Waals surface area contributed by atoms with Crippen molar-refractivity contribution in [1.29, 1.82) is 0 Å². The number of hydrogen-bond acceptors (Lipinski definition) is 3. The minimum atomic E-state index is -1.25. The Morgan fingerprint density at radius 3 is 2.81 bits per heavy atom. The second kappa shape index (κ2) is 6.21. The highest BCUT2D eigenvalue weighted by Crippen LogP contribution is 2.16. The molecule has 1 aromatic rings. The van der Waals surface area contributed by atoms with Gasteiger partial charge in [-0.1, -0.05) is 0 Å². The molecule has 2 rings (SSSR count). The van der Waals surface area contributed by atoms with Crippen molar-refractivity contribution in [2.24, 2.45) is 0 Å². The largest absolute Gasteiger partial charge is 0.478 e. The van der Waals surface area contributed by atoms with E-state index in [1.165, 1.54) is 17.0 Å². The van der Waals surface area contributed by atoms with E-state index in [2.05, 4.69) is 10.6 Å². The first kappa shape index (κ1) is 14.8. The van der Waals surface area contributed by atoms with Crippen LogP contribution in [0.3, 0.4) is 0 Å². The Labute approximate surface area is 119 Å². The van der Waals surface area contributed by atoms with Crippen LogP contribution in [-0.4, -0.2) is 47.5 Å². The predicted octanol–water partition coefficient (Wildman–Crippen LogP) is 0.878. The number of nitrogens with zero attached hydrogens (tertiary/aromatic N) is 1. The van der Waals surface area contributed by atoms with Crippen molar-refractivity contribution in [3.63, 3.8) is 0 Å². The smallest absolute Gasteiger partial charge is 0.335 e. The van der Waals surface area contributed by atoms with Crippen LogP contribution in [0, 0.1) is 5.82 Å². The first-order chi connectivity index (χ1) is 9.97. The van der Waals surface area contributed by atoms with Crippen LogP contribution in [0.25, 0.3) is 0 Å². The minimum Gasteiger partial charge on any atom is -0.478 e. The van der Waals surface area contributed by atoms with Crippen LogP contribution >= 0.6 is 0 Å². The summed E-state index contributed by atoms with van der Waals surface area (Å²) in [5.41, 5.74) is -0.339. The van der Waals surface area contributed by atoms with Crippen LogP contribution in [0.5, 0.6) is 0 Å². The van der Waals surface area contributed by atoms with Gasteiger partial charge >= 0.3 is 12.0 Å². The second-order valence-corrected chi connectivity index (χ2v) is 4.55. The molecule has 1 aliphatic rings. The zero-order valence-electron chi connectivity index (χ0n) is 11.1. The Kier molecular flexibility index (Phi) is 4.36. The van der Waals surface area contributed by atoms with Gasteiger partial charge in [-0.05, 0) is 24.6 Å². The molecule has 1 fully saturated rings. The lowest BCUT2D eigenvalue weighted by Gasteiger charge is -2.19. The summed E-state index contributed by atoms with van der Waals surface area (Å²) in [5.74, 6) is -2.37. The van der Waals surface area contributed by atoms with Gasteiger partial charge in [0, 0.05) is 13.1 Å². The average Bonchev–Trinajstić information content (AvgIpc) is 2.65. The molecule has 1 aliphatic heterocycles. The van der Waals surface area contributed by atoms with Crippen molar-refractivity contribution in [3.05, 3.63) is 29.6 Å². The zero-order valence-corrected chi connectivity index (χ0v) is 11.1. The maximum absolute atomic E-state index is 13.7. The Bertz CT molecular complexity index is 591. The number of carboxylic acid groups (broad SMARTS) is 1. The molecule has 0 aromatic heterocycles. The molecule has 0 spiro atoms. The van der Waals surface area contributed by atoms with Crippen LogP contribution in [-0.2, 0) is 4.79 Å². The Balaban J connectivity index is 2.08. The Hall–Kier alpha value is -2.64. The molecule has 1 heterocycles. The third kappa shape index (κ3) is 3.68. The zero-order chi connectivity index (χ0) is 15.4. The molecule has 21 heavy (non-hydrogen) atoms. The molecule has 1 aromatic carbocycles. The number of aromatic carboxylic acids is 1. The van der Waals surface area contributed by atoms with Crippen LogP contribution in [0.2, 0.25) is 0 Å². The molecule has 0 radical (unpaired) electrons. The van der Waals surface area contributed by atoms with Gasteiger partial charge in [0.25, 0.3) is 0 Å². The topological polar surface area (TPSA) is 98.7 Å². The van der Waals surface area contributed by atoms with Gasteiger partial charge in [-0.25, -0.2) is 14.0 Å². The standard InChI is InChI=1S/C13H14FN3O4/c14-9-6-8(12(19)20)2-3-10(9)16-13(21)17-5-1-4-15-11(18)7-17/h2-3,6H,1,4-5,7H2,(H,15,18)(H,16,21)(H,19,20). The Morgan fingerprint density at radius 2 is 2.14 bits per heavy atom. The molecule has 0 unspecified atom stereocenters. The van der Waals surface area contributed by atoms with E-state index < -0.39 is 17.8 Å². The van der Waals surface area contributed by atoms with Gasteiger partial charge in [0.1, 0.15) is 12.4 Å². The fourth-order valence-electron chi connectivity index (χ4n) is 1.92. The normalized spacial score (nSPS) is 15.1. The van der Waals surface area contributed by atoms with Gasteiger partial charge in [-0.3, -0.25) is 4.79 Å². The summed E-state index contributed by atoms with van der Waals surface area (Å²) >= 11 is 0. The van der Waals surface area contributed by atoms with Gasteiger partial charge in [0.15, 0.2) is 0 Å². The number of rotatable bonds is 2. The number of carbonyl (C=O) groups excluding carboxylic acids is 2. The van der Waals surface area contributed by atoms with E-state index in [1.54, 1.807) is 0 Å².